The van der Waals surface area contributed by atoms with Crippen LogP contribution in [0.15, 0.2) is 12.1 Å². The average molecular weight is 278 g/mol. The predicted octanol–water partition coefficient (Wildman–Crippen LogP) is 2.82. The number of hydrogen-bond donors (Lipinski definition) is 0. The molecule has 1 aliphatic carbocycles. The zero-order valence-electron chi connectivity index (χ0n) is 11.9. The summed E-state index contributed by atoms with van der Waals surface area (Å²) in [5.74, 6) is 0.0325. The molecule has 0 aliphatic heterocycles. The Morgan fingerprint density at radius 1 is 1.45 bits per heavy atom. The van der Waals surface area contributed by atoms with Gasteiger partial charge >= 0.3 is 5.82 Å². The SMILES string of the molecule is CCC1(CC)C(=O)CC1Oc1ccc(C)nc1[N+](=O)[O-]. The highest BCUT2D eigenvalue weighted by atomic mass is 16.6. The number of nitro groups is 1. The first kappa shape index (κ1) is 14.4. The van der Waals surface area contributed by atoms with Crippen molar-refractivity contribution < 1.29 is 14.5 Å². The first-order chi connectivity index (χ1) is 9.44. The van der Waals surface area contributed by atoms with Gasteiger partial charge in [-0.05, 0) is 34.9 Å². The lowest BCUT2D eigenvalue weighted by atomic mass is 9.61. The first-order valence-electron chi connectivity index (χ1n) is 6.76. The topological polar surface area (TPSA) is 82.3 Å². The number of hydrogen-bond acceptors (Lipinski definition) is 5. The lowest BCUT2D eigenvalue weighted by Crippen LogP contribution is -2.56. The number of carbonyl (C=O) groups is 1. The summed E-state index contributed by atoms with van der Waals surface area (Å²) in [5, 5.41) is 11.0. The van der Waals surface area contributed by atoms with Crippen LogP contribution >= 0.6 is 0 Å². The van der Waals surface area contributed by atoms with E-state index in [4.69, 9.17) is 4.74 Å². The molecule has 6 nitrogen and oxygen atoms in total. The molecule has 1 heterocycles. The van der Waals surface area contributed by atoms with Gasteiger partial charge in [-0.25, -0.2) is 0 Å². The van der Waals surface area contributed by atoms with E-state index in [0.717, 1.165) is 0 Å². The molecule has 0 N–H and O–H groups in total. The largest absolute Gasteiger partial charge is 0.481 e. The zero-order valence-corrected chi connectivity index (χ0v) is 11.9. The molecule has 1 aromatic heterocycles. The molecule has 1 saturated carbocycles. The van der Waals surface area contributed by atoms with Crippen LogP contribution in [0.25, 0.3) is 0 Å². The van der Waals surface area contributed by atoms with Crippen molar-refractivity contribution in [1.29, 1.82) is 0 Å². The van der Waals surface area contributed by atoms with Crippen LogP contribution < -0.4 is 4.74 Å². The number of carbonyl (C=O) groups excluding carboxylic acids is 1. The van der Waals surface area contributed by atoms with Gasteiger partial charge in [0.2, 0.25) is 5.75 Å². The summed E-state index contributed by atoms with van der Waals surface area (Å²) in [7, 11) is 0. The van der Waals surface area contributed by atoms with E-state index in [1.54, 1.807) is 19.1 Å². The number of Topliss-reactive ketones (excluding diaryl/α,β-unsaturated/α-hetero) is 1. The summed E-state index contributed by atoms with van der Waals surface area (Å²) < 4.78 is 5.74. The second kappa shape index (κ2) is 5.19. The van der Waals surface area contributed by atoms with Crippen molar-refractivity contribution in [2.75, 3.05) is 0 Å². The van der Waals surface area contributed by atoms with Gasteiger partial charge in [-0.1, -0.05) is 13.8 Å². The van der Waals surface area contributed by atoms with E-state index in [0.29, 0.717) is 25.0 Å². The lowest BCUT2D eigenvalue weighted by molar-refractivity contribution is -0.391. The number of rotatable bonds is 5. The fourth-order valence-corrected chi connectivity index (χ4v) is 2.78. The lowest BCUT2D eigenvalue weighted by Gasteiger charge is -2.46. The Labute approximate surface area is 117 Å². The Balaban J connectivity index is 2.27. The van der Waals surface area contributed by atoms with Crippen molar-refractivity contribution in [2.45, 2.75) is 46.1 Å². The monoisotopic (exact) mass is 278 g/mol. The number of ketones is 1. The third-order valence-electron chi connectivity index (χ3n) is 4.22. The molecule has 0 radical (unpaired) electrons. The minimum atomic E-state index is -0.553. The summed E-state index contributed by atoms with van der Waals surface area (Å²) in [6.45, 7) is 5.57. The van der Waals surface area contributed by atoms with Crippen LogP contribution in [0.4, 0.5) is 5.82 Å². The molecular formula is C14H18N2O4. The maximum atomic E-state index is 11.9. The molecule has 20 heavy (non-hydrogen) atoms. The molecule has 0 spiro atoms. The molecule has 1 aromatic rings. The second-order valence-electron chi connectivity index (χ2n) is 5.13. The van der Waals surface area contributed by atoms with Gasteiger partial charge in [-0.2, -0.15) is 0 Å². The van der Waals surface area contributed by atoms with E-state index in [1.807, 2.05) is 13.8 Å². The van der Waals surface area contributed by atoms with Crippen molar-refractivity contribution in [3.63, 3.8) is 0 Å². The number of ether oxygens (including phenoxy) is 1. The number of nitrogens with zero attached hydrogens (tertiary/aromatic N) is 2. The van der Waals surface area contributed by atoms with Gasteiger partial charge in [-0.15, -0.1) is 0 Å². The normalized spacial score (nSPS) is 20.4. The fraction of sp³-hybridized carbons (Fsp3) is 0.571. The Kier molecular flexibility index (Phi) is 3.74. The van der Waals surface area contributed by atoms with Crippen molar-refractivity contribution >= 4 is 11.6 Å². The maximum Gasteiger partial charge on any atom is 0.406 e. The van der Waals surface area contributed by atoms with Crippen LogP contribution in [0.1, 0.15) is 38.8 Å². The highest BCUT2D eigenvalue weighted by molar-refractivity contribution is 5.92. The van der Waals surface area contributed by atoms with Gasteiger partial charge in [-0.3, -0.25) is 4.79 Å². The molecule has 1 unspecified atom stereocenters. The maximum absolute atomic E-state index is 11.9. The van der Waals surface area contributed by atoms with Crippen molar-refractivity contribution in [2.24, 2.45) is 5.41 Å². The van der Waals surface area contributed by atoms with E-state index in [1.165, 1.54) is 0 Å². The number of aryl methyl sites for hydroxylation is 1. The molecule has 6 heteroatoms. The van der Waals surface area contributed by atoms with Crippen molar-refractivity contribution in [3.8, 4) is 5.75 Å². The van der Waals surface area contributed by atoms with E-state index in [9.17, 15) is 14.9 Å². The summed E-state index contributed by atoms with van der Waals surface area (Å²) in [4.78, 5) is 26.2. The molecule has 0 saturated heterocycles. The van der Waals surface area contributed by atoms with Crippen LogP contribution in [0.3, 0.4) is 0 Å². The van der Waals surface area contributed by atoms with Gasteiger partial charge in [0.25, 0.3) is 0 Å². The quantitative estimate of drug-likeness (QED) is 0.611. The molecule has 2 rings (SSSR count). The Morgan fingerprint density at radius 2 is 2.10 bits per heavy atom. The second-order valence-corrected chi connectivity index (χ2v) is 5.13. The number of pyridine rings is 1. The van der Waals surface area contributed by atoms with Crippen molar-refractivity contribution in [3.05, 3.63) is 27.9 Å². The van der Waals surface area contributed by atoms with Crippen LogP contribution in [0.2, 0.25) is 0 Å². The Hall–Kier alpha value is -1.98. The van der Waals surface area contributed by atoms with Crippen molar-refractivity contribution in [1.82, 2.24) is 4.98 Å². The highest BCUT2D eigenvalue weighted by Crippen LogP contribution is 2.46. The molecule has 1 atom stereocenters. The van der Waals surface area contributed by atoms with Gasteiger partial charge in [0.05, 0.1) is 5.41 Å². The summed E-state index contributed by atoms with van der Waals surface area (Å²) >= 11 is 0. The van der Waals surface area contributed by atoms with E-state index in [2.05, 4.69) is 4.98 Å². The van der Waals surface area contributed by atoms with Gasteiger partial charge < -0.3 is 14.9 Å². The minimum absolute atomic E-state index is 0.143. The van der Waals surface area contributed by atoms with Crippen LogP contribution in [-0.4, -0.2) is 21.8 Å². The van der Waals surface area contributed by atoms with Gasteiger partial charge in [0, 0.05) is 13.3 Å². The van der Waals surface area contributed by atoms with Gasteiger partial charge in [0.15, 0.2) is 0 Å². The van der Waals surface area contributed by atoms with Crippen LogP contribution in [-0.2, 0) is 4.79 Å². The Bertz CT molecular complexity index is 552. The highest BCUT2D eigenvalue weighted by Gasteiger charge is 2.54. The molecule has 1 aliphatic rings. The molecule has 1 fully saturated rings. The van der Waals surface area contributed by atoms with E-state index < -0.39 is 10.3 Å². The third-order valence-corrected chi connectivity index (χ3v) is 4.22. The average Bonchev–Trinajstić information content (AvgIpc) is 2.41. The molecule has 0 bridgehead atoms. The molecule has 0 aromatic carbocycles. The van der Waals surface area contributed by atoms with Gasteiger partial charge in [0.1, 0.15) is 17.6 Å². The standard InChI is InChI=1S/C14H18N2O4/c1-4-14(5-2)11(17)8-12(14)20-10-7-6-9(3)15-13(10)16(18)19/h6-7,12H,4-5,8H2,1-3H3. The molecule has 108 valence electrons. The van der Waals surface area contributed by atoms with E-state index in [-0.39, 0.29) is 23.5 Å². The third kappa shape index (κ3) is 2.15. The Morgan fingerprint density at radius 3 is 2.60 bits per heavy atom. The van der Waals surface area contributed by atoms with E-state index >= 15 is 0 Å². The molecular weight excluding hydrogens is 260 g/mol. The zero-order chi connectivity index (χ0) is 14.9. The van der Waals surface area contributed by atoms with Crippen LogP contribution in [0, 0.1) is 22.5 Å². The predicted molar refractivity (Wildman–Crippen MR) is 72.7 cm³/mol. The summed E-state index contributed by atoms with van der Waals surface area (Å²) in [6, 6.07) is 3.22. The van der Waals surface area contributed by atoms with Crippen LogP contribution in [0.5, 0.6) is 5.75 Å². The number of aromatic nitrogens is 1. The molecule has 0 amide bonds. The first-order valence-corrected chi connectivity index (χ1v) is 6.76. The minimum Gasteiger partial charge on any atom is -0.481 e. The smallest absolute Gasteiger partial charge is 0.406 e. The summed E-state index contributed by atoms with van der Waals surface area (Å²) in [6.07, 6.45) is 1.38. The summed E-state index contributed by atoms with van der Waals surface area (Å²) in [5.41, 5.74) is 0.0599. The fourth-order valence-electron chi connectivity index (χ4n) is 2.78.